The number of benzene rings is 2. The lowest BCUT2D eigenvalue weighted by Crippen LogP contribution is -2.21. The summed E-state index contributed by atoms with van der Waals surface area (Å²) in [7, 11) is 2.93. The Labute approximate surface area is 160 Å². The lowest BCUT2D eigenvalue weighted by atomic mass is 10.2. The van der Waals surface area contributed by atoms with Crippen LogP contribution < -0.4 is 14.8 Å². The number of ether oxygens (including phenoxy) is 3. The highest BCUT2D eigenvalue weighted by molar-refractivity contribution is 5.95. The van der Waals surface area contributed by atoms with E-state index in [-0.39, 0.29) is 17.5 Å². The molecule has 3 aromatic rings. The number of esters is 1. The maximum absolute atomic E-state index is 12.2. The van der Waals surface area contributed by atoms with Gasteiger partial charge in [-0.1, -0.05) is 23.3 Å². The van der Waals surface area contributed by atoms with Crippen LogP contribution in [0.2, 0.25) is 0 Å². The Kier molecular flexibility index (Phi) is 5.85. The number of anilines is 1. The number of carbonyl (C=O) groups excluding carboxylic acids is 2. The van der Waals surface area contributed by atoms with E-state index < -0.39 is 18.5 Å². The van der Waals surface area contributed by atoms with Crippen molar-refractivity contribution in [3.63, 3.8) is 0 Å². The Balaban J connectivity index is 1.57. The van der Waals surface area contributed by atoms with E-state index in [0.717, 1.165) is 0 Å². The van der Waals surface area contributed by atoms with Crippen molar-refractivity contribution >= 4 is 17.9 Å². The third-order valence-corrected chi connectivity index (χ3v) is 3.61. The summed E-state index contributed by atoms with van der Waals surface area (Å²) in [6.45, 7) is -0.526. The van der Waals surface area contributed by atoms with Gasteiger partial charge in [-0.3, -0.25) is 10.1 Å². The third kappa shape index (κ3) is 4.64. The molecule has 1 amide bonds. The van der Waals surface area contributed by atoms with Crippen LogP contribution in [0.4, 0.5) is 6.01 Å². The molecule has 1 N–H and O–H groups in total. The van der Waals surface area contributed by atoms with Crippen LogP contribution in [0, 0.1) is 0 Å². The molecule has 0 radical (unpaired) electrons. The van der Waals surface area contributed by atoms with E-state index >= 15 is 0 Å². The van der Waals surface area contributed by atoms with Gasteiger partial charge >= 0.3 is 12.0 Å². The van der Waals surface area contributed by atoms with Crippen molar-refractivity contribution < 1.29 is 28.2 Å². The first-order chi connectivity index (χ1) is 13.6. The highest BCUT2D eigenvalue weighted by Crippen LogP contribution is 2.23. The summed E-state index contributed by atoms with van der Waals surface area (Å²) in [5.74, 6) is -0.212. The molecule has 0 bridgehead atoms. The standard InChI is InChI=1S/C19H17N3O6/c1-25-14-8-13(9-15(10-14)26-2)18(24)27-11-16(23)20-19-22-21-17(28-19)12-6-4-3-5-7-12/h3-10H,11H2,1-2H3,(H,20,22,23). The topological polar surface area (TPSA) is 113 Å². The zero-order chi connectivity index (χ0) is 19.9. The molecule has 0 aliphatic heterocycles. The van der Waals surface area contributed by atoms with Gasteiger partial charge in [0.1, 0.15) is 11.5 Å². The first-order valence-electron chi connectivity index (χ1n) is 8.18. The molecular formula is C19H17N3O6. The van der Waals surface area contributed by atoms with Gasteiger partial charge in [0.05, 0.1) is 19.8 Å². The first-order valence-corrected chi connectivity index (χ1v) is 8.18. The van der Waals surface area contributed by atoms with Gasteiger partial charge in [-0.05, 0) is 24.3 Å². The molecule has 0 saturated heterocycles. The summed E-state index contributed by atoms with van der Waals surface area (Å²) in [6.07, 6.45) is 0. The Morgan fingerprint density at radius 2 is 1.68 bits per heavy atom. The molecule has 0 aliphatic rings. The maximum atomic E-state index is 12.2. The fourth-order valence-electron chi connectivity index (χ4n) is 2.27. The van der Waals surface area contributed by atoms with Gasteiger partial charge in [0, 0.05) is 11.6 Å². The van der Waals surface area contributed by atoms with Crippen molar-refractivity contribution in [1.29, 1.82) is 0 Å². The van der Waals surface area contributed by atoms with Crippen LogP contribution >= 0.6 is 0 Å². The van der Waals surface area contributed by atoms with Gasteiger partial charge in [-0.25, -0.2) is 4.79 Å². The van der Waals surface area contributed by atoms with Crippen LogP contribution in [0.1, 0.15) is 10.4 Å². The monoisotopic (exact) mass is 383 g/mol. The van der Waals surface area contributed by atoms with Crippen LogP contribution in [0.5, 0.6) is 11.5 Å². The predicted molar refractivity (Wildman–Crippen MR) is 98.2 cm³/mol. The minimum absolute atomic E-state index is 0.0945. The van der Waals surface area contributed by atoms with Crippen molar-refractivity contribution in [2.24, 2.45) is 0 Å². The van der Waals surface area contributed by atoms with E-state index in [1.165, 1.54) is 26.4 Å². The number of carbonyl (C=O) groups is 2. The van der Waals surface area contributed by atoms with Crippen LogP contribution in [0.15, 0.2) is 52.9 Å². The smallest absolute Gasteiger partial charge is 0.338 e. The molecule has 0 atom stereocenters. The third-order valence-electron chi connectivity index (χ3n) is 3.61. The van der Waals surface area contributed by atoms with Crippen LogP contribution in [-0.2, 0) is 9.53 Å². The molecular weight excluding hydrogens is 366 g/mol. The van der Waals surface area contributed by atoms with Crippen molar-refractivity contribution in [2.75, 3.05) is 26.1 Å². The largest absolute Gasteiger partial charge is 0.497 e. The minimum Gasteiger partial charge on any atom is -0.497 e. The van der Waals surface area contributed by atoms with Gasteiger partial charge in [0.15, 0.2) is 6.61 Å². The second-order valence-corrected chi connectivity index (χ2v) is 5.50. The van der Waals surface area contributed by atoms with Crippen molar-refractivity contribution in [2.45, 2.75) is 0 Å². The summed E-state index contributed by atoms with van der Waals surface area (Å²) in [5, 5.41) is 9.97. The molecule has 9 heteroatoms. The number of aromatic nitrogens is 2. The van der Waals surface area contributed by atoms with Gasteiger partial charge in [-0.2, -0.15) is 0 Å². The SMILES string of the molecule is COc1cc(OC)cc(C(=O)OCC(=O)Nc2nnc(-c3ccccc3)o2)c1. The Morgan fingerprint density at radius 1 is 1.00 bits per heavy atom. The summed E-state index contributed by atoms with van der Waals surface area (Å²) in [4.78, 5) is 24.1. The fraction of sp³-hybridized carbons (Fsp3) is 0.158. The average molecular weight is 383 g/mol. The highest BCUT2D eigenvalue weighted by Gasteiger charge is 2.15. The summed E-state index contributed by atoms with van der Waals surface area (Å²) in [5.41, 5.74) is 0.905. The number of nitrogens with zero attached hydrogens (tertiary/aromatic N) is 2. The first kappa shape index (κ1) is 18.9. The Morgan fingerprint density at radius 3 is 2.32 bits per heavy atom. The van der Waals surface area contributed by atoms with Gasteiger partial charge in [-0.15, -0.1) is 5.10 Å². The number of nitrogens with one attached hydrogen (secondary N) is 1. The molecule has 1 heterocycles. The number of amides is 1. The summed E-state index contributed by atoms with van der Waals surface area (Å²) in [6, 6.07) is 13.6. The van der Waals surface area contributed by atoms with E-state index in [0.29, 0.717) is 17.1 Å². The molecule has 0 saturated carbocycles. The molecule has 0 aliphatic carbocycles. The molecule has 9 nitrogen and oxygen atoms in total. The summed E-state index contributed by atoms with van der Waals surface area (Å²) >= 11 is 0. The van der Waals surface area contributed by atoms with Gasteiger partial charge in [0.2, 0.25) is 5.89 Å². The predicted octanol–water partition coefficient (Wildman–Crippen LogP) is 2.55. The van der Waals surface area contributed by atoms with E-state index in [4.69, 9.17) is 18.6 Å². The molecule has 3 rings (SSSR count). The number of rotatable bonds is 7. The zero-order valence-electron chi connectivity index (χ0n) is 15.2. The normalized spacial score (nSPS) is 10.2. The summed E-state index contributed by atoms with van der Waals surface area (Å²) < 4.78 is 20.6. The van der Waals surface area contributed by atoms with Crippen molar-refractivity contribution in [1.82, 2.24) is 10.2 Å². The van der Waals surface area contributed by atoms with E-state index in [9.17, 15) is 9.59 Å². The Hall–Kier alpha value is -3.88. The number of hydrogen-bond acceptors (Lipinski definition) is 8. The van der Waals surface area contributed by atoms with E-state index in [1.807, 2.05) is 18.2 Å². The van der Waals surface area contributed by atoms with Gasteiger partial charge in [0.25, 0.3) is 5.91 Å². The molecule has 0 unspecified atom stereocenters. The van der Waals surface area contributed by atoms with Gasteiger partial charge < -0.3 is 18.6 Å². The highest BCUT2D eigenvalue weighted by atomic mass is 16.5. The molecule has 1 aromatic heterocycles. The molecule has 0 fully saturated rings. The van der Waals surface area contributed by atoms with Crippen LogP contribution in [-0.4, -0.2) is 42.9 Å². The average Bonchev–Trinajstić information content (AvgIpc) is 3.20. The lowest BCUT2D eigenvalue weighted by molar-refractivity contribution is -0.119. The van der Waals surface area contributed by atoms with Crippen molar-refractivity contribution in [3.05, 3.63) is 54.1 Å². The van der Waals surface area contributed by atoms with E-state index in [1.54, 1.807) is 18.2 Å². The second kappa shape index (κ2) is 8.67. The van der Waals surface area contributed by atoms with Crippen LogP contribution in [0.3, 0.4) is 0 Å². The zero-order valence-corrected chi connectivity index (χ0v) is 15.2. The molecule has 28 heavy (non-hydrogen) atoms. The molecule has 144 valence electrons. The second-order valence-electron chi connectivity index (χ2n) is 5.50. The Bertz CT molecular complexity index is 949. The van der Waals surface area contributed by atoms with Crippen LogP contribution in [0.25, 0.3) is 11.5 Å². The number of methoxy groups -OCH3 is 2. The fourth-order valence-corrected chi connectivity index (χ4v) is 2.27. The van der Waals surface area contributed by atoms with E-state index in [2.05, 4.69) is 15.5 Å². The minimum atomic E-state index is -0.706. The maximum Gasteiger partial charge on any atom is 0.338 e. The van der Waals surface area contributed by atoms with Crippen molar-refractivity contribution in [3.8, 4) is 23.0 Å². The molecule has 2 aromatic carbocycles. The number of hydrogen-bond donors (Lipinski definition) is 1. The lowest BCUT2D eigenvalue weighted by Gasteiger charge is -2.08. The molecule has 0 spiro atoms. The quantitative estimate of drug-likeness (QED) is 0.620.